The minimum atomic E-state index is -0.290. The fourth-order valence-electron chi connectivity index (χ4n) is 1.34. The summed E-state index contributed by atoms with van der Waals surface area (Å²) in [6.07, 6.45) is 3.60. The number of nitrogens with zero attached hydrogens (tertiary/aromatic N) is 1. The van der Waals surface area contributed by atoms with Gasteiger partial charge in [-0.1, -0.05) is 19.1 Å². The van der Waals surface area contributed by atoms with Gasteiger partial charge in [-0.2, -0.15) is 0 Å². The third-order valence-corrected chi connectivity index (χ3v) is 2.28. The summed E-state index contributed by atoms with van der Waals surface area (Å²) >= 11 is 0. The number of aryl methyl sites for hydroxylation is 1. The number of carbonyl (C=O) groups excluding carboxylic acids is 1. The Labute approximate surface area is 93.3 Å². The fourth-order valence-corrected chi connectivity index (χ4v) is 1.34. The van der Waals surface area contributed by atoms with Crippen molar-refractivity contribution in [1.29, 1.82) is 0 Å². The van der Waals surface area contributed by atoms with Crippen LogP contribution in [0, 0.1) is 0 Å². The topological polar surface area (TPSA) is 55.1 Å². The molecule has 2 rings (SSSR count). The number of oxazole rings is 1. The van der Waals surface area contributed by atoms with Crippen LogP contribution >= 0.6 is 0 Å². The van der Waals surface area contributed by atoms with E-state index < -0.39 is 0 Å². The highest BCUT2D eigenvalue weighted by Crippen LogP contribution is 2.11. The van der Waals surface area contributed by atoms with E-state index in [2.05, 4.69) is 17.2 Å². The largest absolute Gasteiger partial charge is 0.438 e. The van der Waals surface area contributed by atoms with Gasteiger partial charge >= 0.3 is 0 Å². The zero-order valence-corrected chi connectivity index (χ0v) is 8.93. The first-order valence-electron chi connectivity index (χ1n) is 5.08. The van der Waals surface area contributed by atoms with Gasteiger partial charge in [-0.3, -0.25) is 4.79 Å². The van der Waals surface area contributed by atoms with E-state index in [9.17, 15) is 4.79 Å². The van der Waals surface area contributed by atoms with Crippen molar-refractivity contribution in [3.05, 3.63) is 48.2 Å². The Bertz CT molecular complexity index is 460. The Kier molecular flexibility index (Phi) is 3.00. The Morgan fingerprint density at radius 3 is 2.69 bits per heavy atom. The van der Waals surface area contributed by atoms with E-state index in [4.69, 9.17) is 4.42 Å². The minimum absolute atomic E-state index is 0.208. The van der Waals surface area contributed by atoms with Gasteiger partial charge < -0.3 is 9.73 Å². The van der Waals surface area contributed by atoms with Crippen molar-refractivity contribution >= 4 is 11.6 Å². The standard InChI is InChI=1S/C12H12N2O2/c1-2-9-3-5-10(6-4-9)14-12(15)11-7-13-8-16-11/h3-8H,2H2,1H3,(H,14,15). The van der Waals surface area contributed by atoms with Crippen LogP contribution in [-0.2, 0) is 6.42 Å². The number of hydrogen-bond acceptors (Lipinski definition) is 3. The third-order valence-electron chi connectivity index (χ3n) is 2.28. The van der Waals surface area contributed by atoms with Crippen molar-refractivity contribution < 1.29 is 9.21 Å². The molecule has 0 saturated carbocycles. The van der Waals surface area contributed by atoms with E-state index in [1.54, 1.807) is 0 Å². The quantitative estimate of drug-likeness (QED) is 0.857. The molecule has 0 aliphatic rings. The number of rotatable bonds is 3. The van der Waals surface area contributed by atoms with Gasteiger partial charge in [0.25, 0.3) is 5.91 Å². The van der Waals surface area contributed by atoms with Crippen molar-refractivity contribution in [3.63, 3.8) is 0 Å². The molecule has 2 aromatic rings. The van der Waals surface area contributed by atoms with Crippen LogP contribution < -0.4 is 5.32 Å². The molecule has 0 unspecified atom stereocenters. The van der Waals surface area contributed by atoms with E-state index in [0.29, 0.717) is 0 Å². The van der Waals surface area contributed by atoms with E-state index >= 15 is 0 Å². The molecule has 0 atom stereocenters. The summed E-state index contributed by atoms with van der Waals surface area (Å²) in [5, 5.41) is 2.72. The molecule has 1 amide bonds. The molecule has 4 heteroatoms. The van der Waals surface area contributed by atoms with Crippen LogP contribution in [0.5, 0.6) is 0 Å². The zero-order chi connectivity index (χ0) is 11.4. The maximum Gasteiger partial charge on any atom is 0.293 e. The number of anilines is 1. The summed E-state index contributed by atoms with van der Waals surface area (Å²) in [6, 6.07) is 7.70. The Morgan fingerprint density at radius 2 is 2.12 bits per heavy atom. The summed E-state index contributed by atoms with van der Waals surface area (Å²) in [5.41, 5.74) is 1.98. The molecule has 1 aromatic heterocycles. The van der Waals surface area contributed by atoms with Crippen LogP contribution in [0.25, 0.3) is 0 Å². The van der Waals surface area contributed by atoms with Gasteiger partial charge in [0.15, 0.2) is 6.39 Å². The highest BCUT2D eigenvalue weighted by atomic mass is 16.3. The van der Waals surface area contributed by atoms with Crippen LogP contribution in [0.3, 0.4) is 0 Å². The second-order valence-electron chi connectivity index (χ2n) is 3.37. The van der Waals surface area contributed by atoms with Crippen LogP contribution in [0.4, 0.5) is 5.69 Å². The molecule has 0 fully saturated rings. The summed E-state index contributed by atoms with van der Waals surface area (Å²) in [5.74, 6) is -0.0821. The first-order valence-corrected chi connectivity index (χ1v) is 5.08. The van der Waals surface area contributed by atoms with Gasteiger partial charge in [-0.05, 0) is 24.1 Å². The summed E-state index contributed by atoms with van der Waals surface area (Å²) < 4.78 is 4.89. The average Bonchev–Trinajstić information content (AvgIpc) is 2.83. The number of amides is 1. The van der Waals surface area contributed by atoms with Crippen molar-refractivity contribution in [1.82, 2.24) is 4.98 Å². The molecule has 0 bridgehead atoms. The van der Waals surface area contributed by atoms with E-state index in [0.717, 1.165) is 12.1 Å². The molecule has 82 valence electrons. The molecule has 0 aliphatic carbocycles. The Morgan fingerprint density at radius 1 is 1.38 bits per heavy atom. The van der Waals surface area contributed by atoms with Gasteiger partial charge in [-0.25, -0.2) is 4.98 Å². The zero-order valence-electron chi connectivity index (χ0n) is 8.93. The number of benzene rings is 1. The molecule has 1 aromatic carbocycles. The number of nitrogens with one attached hydrogen (secondary N) is 1. The smallest absolute Gasteiger partial charge is 0.293 e. The SMILES string of the molecule is CCc1ccc(NC(=O)c2cnco2)cc1. The lowest BCUT2D eigenvalue weighted by molar-refractivity contribution is 0.0996. The average molecular weight is 216 g/mol. The Hall–Kier alpha value is -2.10. The lowest BCUT2D eigenvalue weighted by atomic mass is 10.1. The highest BCUT2D eigenvalue weighted by Gasteiger charge is 2.08. The van der Waals surface area contributed by atoms with Crippen LogP contribution in [-0.4, -0.2) is 10.9 Å². The molecule has 0 spiro atoms. The molecular weight excluding hydrogens is 204 g/mol. The highest BCUT2D eigenvalue weighted by molar-refractivity contribution is 6.01. The second kappa shape index (κ2) is 4.61. The van der Waals surface area contributed by atoms with Crippen molar-refractivity contribution in [2.45, 2.75) is 13.3 Å². The molecule has 0 radical (unpaired) electrons. The number of hydrogen-bond donors (Lipinski definition) is 1. The van der Waals surface area contributed by atoms with Crippen molar-refractivity contribution in [3.8, 4) is 0 Å². The lowest BCUT2D eigenvalue weighted by Crippen LogP contribution is -2.10. The van der Waals surface area contributed by atoms with E-state index in [-0.39, 0.29) is 11.7 Å². The van der Waals surface area contributed by atoms with Gasteiger partial charge in [0, 0.05) is 5.69 Å². The maximum atomic E-state index is 11.6. The molecule has 0 saturated heterocycles. The molecule has 0 aliphatic heterocycles. The van der Waals surface area contributed by atoms with Crippen LogP contribution in [0.1, 0.15) is 23.0 Å². The maximum absolute atomic E-state index is 11.6. The third kappa shape index (κ3) is 2.28. The molecule has 16 heavy (non-hydrogen) atoms. The lowest BCUT2D eigenvalue weighted by Gasteiger charge is -2.03. The Balaban J connectivity index is 2.06. The summed E-state index contributed by atoms with van der Waals surface area (Å²) in [6.45, 7) is 2.09. The molecule has 1 N–H and O–H groups in total. The predicted octanol–water partition coefficient (Wildman–Crippen LogP) is 2.49. The van der Waals surface area contributed by atoms with Crippen molar-refractivity contribution in [2.75, 3.05) is 5.32 Å². The van der Waals surface area contributed by atoms with E-state index in [1.807, 2.05) is 24.3 Å². The fraction of sp³-hybridized carbons (Fsp3) is 0.167. The van der Waals surface area contributed by atoms with E-state index in [1.165, 1.54) is 18.2 Å². The minimum Gasteiger partial charge on any atom is -0.438 e. The normalized spacial score (nSPS) is 10.1. The summed E-state index contributed by atoms with van der Waals surface area (Å²) in [4.78, 5) is 15.3. The number of aromatic nitrogens is 1. The van der Waals surface area contributed by atoms with Crippen molar-refractivity contribution in [2.24, 2.45) is 0 Å². The monoisotopic (exact) mass is 216 g/mol. The first kappa shape index (κ1) is 10.4. The van der Waals surface area contributed by atoms with Gasteiger partial charge in [-0.15, -0.1) is 0 Å². The van der Waals surface area contributed by atoms with Gasteiger partial charge in [0.05, 0.1) is 6.20 Å². The molecule has 1 heterocycles. The van der Waals surface area contributed by atoms with Crippen LogP contribution in [0.15, 0.2) is 41.3 Å². The molecular formula is C12H12N2O2. The first-order chi connectivity index (χ1) is 7.79. The van der Waals surface area contributed by atoms with Gasteiger partial charge in [0.1, 0.15) is 0 Å². The van der Waals surface area contributed by atoms with Gasteiger partial charge in [0.2, 0.25) is 5.76 Å². The number of carbonyl (C=O) groups is 1. The predicted molar refractivity (Wildman–Crippen MR) is 60.3 cm³/mol. The van der Waals surface area contributed by atoms with Crippen LogP contribution in [0.2, 0.25) is 0 Å². The second-order valence-corrected chi connectivity index (χ2v) is 3.37. The molecule has 4 nitrogen and oxygen atoms in total. The summed E-state index contributed by atoms with van der Waals surface area (Å²) in [7, 11) is 0.